The second kappa shape index (κ2) is 10.7. The zero-order valence-corrected chi connectivity index (χ0v) is 21.4. The van der Waals surface area contributed by atoms with Crippen LogP contribution in [0.15, 0.2) is 65.6 Å². The Balaban J connectivity index is 1.88. The van der Waals surface area contributed by atoms with Crippen LogP contribution in [-0.2, 0) is 10.0 Å². The monoisotopic (exact) mass is 493 g/mol. The van der Waals surface area contributed by atoms with Gasteiger partial charge in [-0.15, -0.1) is 0 Å². The number of sulfonamides is 1. The van der Waals surface area contributed by atoms with Crippen molar-refractivity contribution in [2.24, 2.45) is 0 Å². The Morgan fingerprint density at radius 3 is 2.26 bits per heavy atom. The van der Waals surface area contributed by atoms with E-state index < -0.39 is 15.9 Å². The molecule has 1 atom stereocenters. The first-order chi connectivity index (χ1) is 16.5. The normalized spacial score (nSPS) is 12.0. The van der Waals surface area contributed by atoms with Crippen LogP contribution in [0.5, 0.6) is 0 Å². The Morgan fingerprint density at radius 1 is 0.857 bits per heavy atom. The third kappa shape index (κ3) is 6.27. The van der Waals surface area contributed by atoms with Crippen molar-refractivity contribution in [1.82, 2.24) is 5.32 Å². The molecule has 0 heterocycles. The predicted molar refractivity (Wildman–Crippen MR) is 140 cm³/mol. The number of amides is 2. The average molecular weight is 494 g/mol. The lowest BCUT2D eigenvalue weighted by Gasteiger charge is -2.16. The summed E-state index contributed by atoms with van der Waals surface area (Å²) in [5, 5.41) is 5.64. The predicted octanol–water partition coefficient (Wildman–Crippen LogP) is 5.19. The zero-order valence-electron chi connectivity index (χ0n) is 20.6. The van der Waals surface area contributed by atoms with E-state index in [1.807, 2.05) is 39.8 Å². The maximum atomic E-state index is 13.2. The first-order valence-electron chi connectivity index (χ1n) is 11.4. The third-order valence-corrected chi connectivity index (χ3v) is 7.28. The molecule has 7 nitrogen and oxygen atoms in total. The fourth-order valence-corrected chi connectivity index (χ4v) is 4.95. The minimum absolute atomic E-state index is 0.00734. The largest absolute Gasteiger partial charge is 0.350 e. The molecule has 0 saturated carbocycles. The van der Waals surface area contributed by atoms with Gasteiger partial charge in [-0.05, 0) is 75.6 Å². The molecule has 0 aliphatic rings. The van der Waals surface area contributed by atoms with Crippen LogP contribution >= 0.6 is 0 Å². The molecule has 2 amide bonds. The molecule has 3 N–H and O–H groups in total. The highest BCUT2D eigenvalue weighted by molar-refractivity contribution is 7.92. The van der Waals surface area contributed by atoms with Crippen LogP contribution in [0.4, 0.5) is 11.4 Å². The van der Waals surface area contributed by atoms with Gasteiger partial charge in [0.05, 0.1) is 21.8 Å². The number of benzene rings is 3. The summed E-state index contributed by atoms with van der Waals surface area (Å²) in [6, 6.07) is 16.6. The summed E-state index contributed by atoms with van der Waals surface area (Å²) < 4.78 is 29.0. The molecule has 3 aromatic carbocycles. The highest BCUT2D eigenvalue weighted by atomic mass is 32.2. The van der Waals surface area contributed by atoms with E-state index in [4.69, 9.17) is 0 Å². The fourth-order valence-electron chi connectivity index (χ4n) is 3.55. The fraction of sp³-hybridized carbons (Fsp3) is 0.259. The first-order valence-corrected chi connectivity index (χ1v) is 12.9. The van der Waals surface area contributed by atoms with E-state index in [2.05, 4.69) is 15.4 Å². The lowest BCUT2D eigenvalue weighted by atomic mass is 10.1. The van der Waals surface area contributed by atoms with Gasteiger partial charge in [0.25, 0.3) is 21.8 Å². The van der Waals surface area contributed by atoms with Gasteiger partial charge in [-0.1, -0.05) is 42.8 Å². The van der Waals surface area contributed by atoms with Crippen molar-refractivity contribution < 1.29 is 18.0 Å². The molecule has 8 heteroatoms. The number of aryl methyl sites for hydroxylation is 3. The Kier molecular flexibility index (Phi) is 7.96. The molecule has 0 fully saturated rings. The number of hydrogen-bond donors (Lipinski definition) is 3. The molecular weight excluding hydrogens is 462 g/mol. The van der Waals surface area contributed by atoms with E-state index in [0.717, 1.165) is 17.5 Å². The van der Waals surface area contributed by atoms with Gasteiger partial charge in [-0.2, -0.15) is 0 Å². The quantitative estimate of drug-likeness (QED) is 0.401. The first kappa shape index (κ1) is 26.0. The van der Waals surface area contributed by atoms with Crippen LogP contribution in [0.25, 0.3) is 0 Å². The van der Waals surface area contributed by atoms with E-state index in [-0.39, 0.29) is 22.4 Å². The summed E-state index contributed by atoms with van der Waals surface area (Å²) in [4.78, 5) is 25.7. The Morgan fingerprint density at radius 2 is 1.57 bits per heavy atom. The number of nitrogens with one attached hydrogen (secondary N) is 3. The molecule has 184 valence electrons. The van der Waals surface area contributed by atoms with Crippen molar-refractivity contribution in [3.05, 3.63) is 88.5 Å². The molecule has 0 radical (unpaired) electrons. The van der Waals surface area contributed by atoms with Gasteiger partial charge in [-0.3, -0.25) is 14.3 Å². The van der Waals surface area contributed by atoms with Crippen LogP contribution in [0, 0.1) is 20.8 Å². The van der Waals surface area contributed by atoms with Crippen molar-refractivity contribution in [1.29, 1.82) is 0 Å². The smallest absolute Gasteiger partial charge is 0.262 e. The van der Waals surface area contributed by atoms with Gasteiger partial charge in [0, 0.05) is 11.6 Å². The minimum atomic E-state index is -3.94. The van der Waals surface area contributed by atoms with E-state index in [1.165, 1.54) is 6.07 Å². The standard InChI is InChI=1S/C27H31N3O4S/c1-6-20(5)28-27(32)22-9-7-8-10-24(22)29-26(31)21-13-12-18(3)25(16-21)35(33,34)30-23-14-11-17(2)15-19(23)4/h7-16,20,30H,6H2,1-5H3,(H,28,32)(H,29,31). The van der Waals surface area contributed by atoms with Crippen molar-refractivity contribution in [3.63, 3.8) is 0 Å². The molecular formula is C27H31N3O4S. The molecule has 0 aromatic heterocycles. The molecule has 0 aliphatic heterocycles. The number of carbonyl (C=O) groups excluding carboxylic acids is 2. The summed E-state index contributed by atoms with van der Waals surface area (Å²) in [6.07, 6.45) is 0.775. The molecule has 3 aromatic rings. The molecule has 0 bridgehead atoms. The van der Waals surface area contributed by atoms with Crippen LogP contribution in [-0.4, -0.2) is 26.3 Å². The lowest BCUT2D eigenvalue weighted by molar-refractivity contribution is 0.0940. The van der Waals surface area contributed by atoms with Crippen molar-refractivity contribution in [3.8, 4) is 0 Å². The van der Waals surface area contributed by atoms with Gasteiger partial charge in [0.2, 0.25) is 0 Å². The van der Waals surface area contributed by atoms with Crippen molar-refractivity contribution in [2.45, 2.75) is 52.0 Å². The van der Waals surface area contributed by atoms with Gasteiger partial charge >= 0.3 is 0 Å². The molecule has 0 spiro atoms. The maximum Gasteiger partial charge on any atom is 0.262 e. The molecule has 3 rings (SSSR count). The van der Waals surface area contributed by atoms with Crippen molar-refractivity contribution in [2.75, 3.05) is 10.0 Å². The van der Waals surface area contributed by atoms with Crippen LogP contribution < -0.4 is 15.4 Å². The number of anilines is 2. The van der Waals surface area contributed by atoms with E-state index >= 15 is 0 Å². The second-order valence-electron chi connectivity index (χ2n) is 8.69. The lowest BCUT2D eigenvalue weighted by Crippen LogP contribution is -2.32. The number of hydrogen-bond acceptors (Lipinski definition) is 4. The Hall–Kier alpha value is -3.65. The van der Waals surface area contributed by atoms with Gasteiger partial charge < -0.3 is 10.6 Å². The highest BCUT2D eigenvalue weighted by Gasteiger charge is 2.21. The third-order valence-electron chi connectivity index (χ3n) is 5.78. The average Bonchev–Trinajstić information content (AvgIpc) is 2.81. The molecule has 0 saturated heterocycles. The van der Waals surface area contributed by atoms with Crippen LogP contribution in [0.3, 0.4) is 0 Å². The topological polar surface area (TPSA) is 104 Å². The number of rotatable bonds is 8. The highest BCUT2D eigenvalue weighted by Crippen LogP contribution is 2.24. The molecule has 1 unspecified atom stereocenters. The summed E-state index contributed by atoms with van der Waals surface area (Å²) in [5.74, 6) is -0.808. The minimum Gasteiger partial charge on any atom is -0.350 e. The SMILES string of the molecule is CCC(C)NC(=O)c1ccccc1NC(=O)c1ccc(C)c(S(=O)(=O)Nc2ccc(C)cc2C)c1. The van der Waals surface area contributed by atoms with E-state index in [1.54, 1.807) is 49.4 Å². The second-order valence-corrected chi connectivity index (χ2v) is 10.3. The van der Waals surface area contributed by atoms with E-state index in [0.29, 0.717) is 22.5 Å². The van der Waals surface area contributed by atoms with Gasteiger partial charge in [-0.25, -0.2) is 8.42 Å². The van der Waals surface area contributed by atoms with Crippen LogP contribution in [0.2, 0.25) is 0 Å². The number of carbonyl (C=O) groups is 2. The van der Waals surface area contributed by atoms with Crippen LogP contribution in [0.1, 0.15) is 57.7 Å². The summed E-state index contributed by atoms with van der Waals surface area (Å²) in [6.45, 7) is 9.31. The van der Waals surface area contributed by atoms with E-state index in [9.17, 15) is 18.0 Å². The zero-order chi connectivity index (χ0) is 25.8. The van der Waals surface area contributed by atoms with Gasteiger partial charge in [0.15, 0.2) is 0 Å². The van der Waals surface area contributed by atoms with Crippen molar-refractivity contribution >= 4 is 33.2 Å². The molecule has 0 aliphatic carbocycles. The van der Waals surface area contributed by atoms with Gasteiger partial charge in [0.1, 0.15) is 0 Å². The summed E-state index contributed by atoms with van der Waals surface area (Å²) in [7, 11) is -3.94. The number of para-hydroxylation sites is 1. The Bertz CT molecular complexity index is 1370. The molecule has 35 heavy (non-hydrogen) atoms. The Labute approximate surface area is 207 Å². The summed E-state index contributed by atoms with van der Waals surface area (Å²) in [5.41, 5.74) is 3.65. The maximum absolute atomic E-state index is 13.2. The summed E-state index contributed by atoms with van der Waals surface area (Å²) >= 11 is 0.